The number of methoxy groups -OCH3 is 2. The Morgan fingerprint density at radius 1 is 0.527 bits per heavy atom. The molecule has 0 aliphatic heterocycles. The van der Waals surface area contributed by atoms with Gasteiger partial charge in [-0.15, -0.1) is 0 Å². The average molecular weight is 821 g/mol. The molecule has 0 fully saturated rings. The number of halogens is 2. The predicted molar refractivity (Wildman–Crippen MR) is 216 cm³/mol. The third-order valence-corrected chi connectivity index (χ3v) is 11.7. The lowest BCUT2D eigenvalue weighted by Crippen LogP contribution is -2.21. The maximum atomic E-state index is 13.2. The summed E-state index contributed by atoms with van der Waals surface area (Å²) in [7, 11) is -4.24. The molecule has 0 aliphatic carbocycles. The fourth-order valence-corrected chi connectivity index (χ4v) is 8.04. The van der Waals surface area contributed by atoms with Gasteiger partial charge in [-0.25, -0.2) is 26.4 Å². The van der Waals surface area contributed by atoms with Gasteiger partial charge in [0, 0.05) is 29.8 Å². The van der Waals surface area contributed by atoms with Crippen LogP contribution < -0.4 is 20.1 Å². The summed E-state index contributed by atoms with van der Waals surface area (Å²) in [6.07, 6.45) is 0. The number of nitrogens with zero attached hydrogens (tertiary/aromatic N) is 1. The zero-order chi connectivity index (χ0) is 39.5. The van der Waals surface area contributed by atoms with Gasteiger partial charge in [0.05, 0.1) is 45.2 Å². The quantitative estimate of drug-likeness (QED) is 0.0601. The summed E-state index contributed by atoms with van der Waals surface area (Å²) in [6, 6.07) is 28.7. The maximum absolute atomic E-state index is 13.2. The highest BCUT2D eigenvalue weighted by atomic mass is 35.5. The lowest BCUT2D eigenvalue weighted by molar-refractivity contribution is 0.0591. The Bertz CT molecular complexity index is 2580. The molecule has 0 saturated heterocycles. The Kier molecular flexibility index (Phi) is 11.2. The highest BCUT2D eigenvalue weighted by Crippen LogP contribution is 2.29. The summed E-state index contributed by atoms with van der Waals surface area (Å²) >= 11 is 12.1. The fraction of sp³-hybridized carbons (Fsp3) is 0.0789. The summed E-state index contributed by atoms with van der Waals surface area (Å²) in [4.78, 5) is 28.1. The second-order valence-corrected chi connectivity index (χ2v) is 16.0. The van der Waals surface area contributed by atoms with Crippen LogP contribution in [0.3, 0.4) is 0 Å². The van der Waals surface area contributed by atoms with E-state index in [4.69, 9.17) is 32.7 Å². The lowest BCUT2D eigenvalue weighted by Gasteiger charge is -2.14. The van der Waals surface area contributed by atoms with Gasteiger partial charge >= 0.3 is 11.9 Å². The van der Waals surface area contributed by atoms with Crippen molar-refractivity contribution in [3.63, 3.8) is 0 Å². The average Bonchev–Trinajstić information content (AvgIpc) is 3.16. The van der Waals surface area contributed by atoms with Gasteiger partial charge in [0.2, 0.25) is 0 Å². The molecule has 6 aromatic carbocycles. The third kappa shape index (κ3) is 8.76. The first-order valence-electron chi connectivity index (χ1n) is 16.1. The van der Waals surface area contributed by atoms with E-state index in [1.165, 1.54) is 38.5 Å². The third-order valence-electron chi connectivity index (χ3n) is 8.24. The minimum atomic E-state index is -4.09. The molecule has 17 heteroatoms. The number of guanidine groups is 1. The second-order valence-electron chi connectivity index (χ2n) is 11.9. The van der Waals surface area contributed by atoms with Crippen molar-refractivity contribution in [2.24, 2.45) is 4.99 Å². The Morgan fingerprint density at radius 3 is 1.25 bits per heavy atom. The van der Waals surface area contributed by atoms with Crippen LogP contribution in [0.5, 0.6) is 0 Å². The van der Waals surface area contributed by atoms with Crippen molar-refractivity contribution in [1.29, 1.82) is 0 Å². The summed E-state index contributed by atoms with van der Waals surface area (Å²) in [5.41, 5.74) is 1.73. The highest BCUT2D eigenvalue weighted by Gasteiger charge is 2.21. The van der Waals surface area contributed by atoms with Crippen LogP contribution in [0.2, 0.25) is 10.0 Å². The molecule has 282 valence electrons. The number of nitrogens with one attached hydrogen (secondary N) is 4. The number of fused-ring (bicyclic) bond motifs is 2. The topological polar surface area (TPSA) is 181 Å². The van der Waals surface area contributed by atoms with E-state index in [0.717, 1.165) is 22.9 Å². The van der Waals surface area contributed by atoms with Gasteiger partial charge in [0.1, 0.15) is 0 Å². The first kappa shape index (κ1) is 38.8. The van der Waals surface area contributed by atoms with Crippen molar-refractivity contribution in [3.8, 4) is 0 Å². The number of carbonyl (C=O) groups excluding carboxylic acids is 2. The molecule has 0 heterocycles. The van der Waals surface area contributed by atoms with Gasteiger partial charge in [-0.3, -0.25) is 14.4 Å². The van der Waals surface area contributed by atoms with Gasteiger partial charge < -0.3 is 20.1 Å². The Morgan fingerprint density at radius 2 is 0.891 bits per heavy atom. The zero-order valence-corrected chi connectivity index (χ0v) is 32.3. The normalized spacial score (nSPS) is 11.4. The Hall–Kier alpha value is -5.87. The number of aliphatic imine (C=N–C) groups is 1. The van der Waals surface area contributed by atoms with Crippen LogP contribution in [-0.2, 0) is 29.5 Å². The number of ether oxygens (including phenoxy) is 2. The van der Waals surface area contributed by atoms with Gasteiger partial charge in [0.25, 0.3) is 20.0 Å². The van der Waals surface area contributed by atoms with Crippen LogP contribution in [-0.4, -0.2) is 56.0 Å². The van der Waals surface area contributed by atoms with Gasteiger partial charge in [0.15, 0.2) is 5.96 Å². The molecule has 0 aromatic heterocycles. The monoisotopic (exact) mass is 819 g/mol. The van der Waals surface area contributed by atoms with E-state index in [0.29, 0.717) is 39.5 Å². The molecule has 6 rings (SSSR count). The number of benzene rings is 6. The first-order chi connectivity index (χ1) is 26.2. The van der Waals surface area contributed by atoms with Crippen LogP contribution in [0.4, 0.5) is 22.7 Å². The second kappa shape index (κ2) is 15.8. The lowest BCUT2D eigenvalue weighted by atomic mass is 10.1. The molecule has 0 atom stereocenters. The molecule has 0 unspecified atom stereocenters. The molecule has 0 amide bonds. The molecule has 6 aromatic rings. The SMILES string of the molecule is CN=C(Nc1ccc2ccc(NS(=O)(=O)c3ccc(Cl)c(C(=O)OC)c3)cc2c1)Nc1ccc2ccc(NS(=O)(=O)c3ccc(Cl)c(C(=O)OC)c3)cc2c1. The van der Waals surface area contributed by atoms with Crippen LogP contribution in [0.15, 0.2) is 124 Å². The number of carbonyl (C=O) groups is 2. The van der Waals surface area contributed by atoms with E-state index in [1.54, 1.807) is 43.4 Å². The molecule has 0 radical (unpaired) electrons. The molecule has 0 spiro atoms. The number of hydrogen-bond acceptors (Lipinski definition) is 9. The van der Waals surface area contributed by atoms with Crippen molar-refractivity contribution in [1.82, 2.24) is 0 Å². The minimum absolute atomic E-state index is 0.0607. The Labute approximate surface area is 326 Å². The number of sulfonamides is 2. The number of esters is 2. The summed E-state index contributed by atoms with van der Waals surface area (Å²) in [5, 5.41) is 9.70. The molecule has 0 saturated carbocycles. The molecule has 55 heavy (non-hydrogen) atoms. The minimum Gasteiger partial charge on any atom is -0.465 e. The maximum Gasteiger partial charge on any atom is 0.339 e. The van der Waals surface area contributed by atoms with Crippen molar-refractivity contribution >= 4 is 105 Å². The van der Waals surface area contributed by atoms with E-state index in [1.807, 2.05) is 36.4 Å². The summed E-state index contributed by atoms with van der Waals surface area (Å²) in [5.74, 6) is -1.13. The molecule has 0 aliphatic rings. The van der Waals surface area contributed by atoms with E-state index in [9.17, 15) is 26.4 Å². The van der Waals surface area contributed by atoms with Gasteiger partial charge in [-0.05, 0) is 106 Å². The van der Waals surface area contributed by atoms with Crippen molar-refractivity contribution < 1.29 is 35.9 Å². The zero-order valence-electron chi connectivity index (χ0n) is 29.2. The predicted octanol–water partition coefficient (Wildman–Crippen LogP) is 7.98. The van der Waals surface area contributed by atoms with Crippen molar-refractivity contribution in [3.05, 3.63) is 130 Å². The van der Waals surface area contributed by atoms with Crippen LogP contribution in [0.25, 0.3) is 21.5 Å². The first-order valence-corrected chi connectivity index (χ1v) is 19.8. The highest BCUT2D eigenvalue weighted by molar-refractivity contribution is 7.93. The van der Waals surface area contributed by atoms with Crippen molar-refractivity contribution in [2.75, 3.05) is 41.3 Å². The molecule has 0 bridgehead atoms. The smallest absolute Gasteiger partial charge is 0.339 e. The fourth-order valence-electron chi connectivity index (χ4n) is 5.50. The van der Waals surface area contributed by atoms with Crippen LogP contribution in [0.1, 0.15) is 20.7 Å². The number of anilines is 4. The Balaban J connectivity index is 1.18. The molecule has 4 N–H and O–H groups in total. The molecular formula is C38H31Cl2N5O8S2. The number of hydrogen-bond donors (Lipinski definition) is 4. The van der Waals surface area contributed by atoms with Crippen molar-refractivity contribution in [2.45, 2.75) is 9.79 Å². The molecular weight excluding hydrogens is 789 g/mol. The number of rotatable bonds is 10. The standard InChI is InChI=1S/C38H31Cl2N5O8S2/c1-41-38(42-26-8-4-22-6-10-28(18-24(22)16-26)44-54(48,49)30-12-14-34(39)32(20-30)36(46)52-2)43-27-9-5-23-7-11-29(19-25(23)17-27)45-55(50,51)31-13-15-35(40)33(21-31)37(47)53-3/h4-21,44-45H,1-3H3,(H2,41,42,43). The van der Waals surface area contributed by atoms with E-state index in [-0.39, 0.29) is 31.0 Å². The summed E-state index contributed by atoms with van der Waals surface area (Å²) < 4.78 is 67.4. The van der Waals surface area contributed by atoms with E-state index >= 15 is 0 Å². The van der Waals surface area contributed by atoms with Crippen LogP contribution in [0, 0.1) is 0 Å². The van der Waals surface area contributed by atoms with Crippen LogP contribution >= 0.6 is 23.2 Å². The van der Waals surface area contributed by atoms with Gasteiger partial charge in [-0.1, -0.05) is 47.5 Å². The van der Waals surface area contributed by atoms with Gasteiger partial charge in [-0.2, -0.15) is 0 Å². The van der Waals surface area contributed by atoms with E-state index in [2.05, 4.69) is 25.1 Å². The van der Waals surface area contributed by atoms with E-state index < -0.39 is 32.0 Å². The molecule has 13 nitrogen and oxygen atoms in total. The summed E-state index contributed by atoms with van der Waals surface area (Å²) in [6.45, 7) is 0. The largest absolute Gasteiger partial charge is 0.465 e.